The van der Waals surface area contributed by atoms with Gasteiger partial charge in [0.1, 0.15) is 0 Å². The maximum atomic E-state index is 8.25. The summed E-state index contributed by atoms with van der Waals surface area (Å²) >= 11 is 0. The van der Waals surface area contributed by atoms with Crippen molar-refractivity contribution in [2.24, 2.45) is 0 Å². The van der Waals surface area contributed by atoms with Crippen LogP contribution in [0.2, 0.25) is 0 Å². The van der Waals surface area contributed by atoms with Crippen LogP contribution in [0.15, 0.2) is 48.8 Å². The molecule has 0 aliphatic carbocycles. The third-order valence-corrected chi connectivity index (χ3v) is 5.47. The molecule has 0 fully saturated rings. The quantitative estimate of drug-likeness (QED) is 0.181. The Morgan fingerprint density at radius 1 is 0.538 bits per heavy atom. The van der Waals surface area contributed by atoms with Gasteiger partial charge in [0.05, 0.1) is 32.9 Å². The molecule has 3 rings (SSSR count). The van der Waals surface area contributed by atoms with Crippen LogP contribution >= 0.6 is 0 Å². The molecule has 39 heavy (non-hydrogen) atoms. The Balaban J connectivity index is 0.00000142. The van der Waals surface area contributed by atoms with E-state index in [0.717, 1.165) is 22.8 Å². The van der Waals surface area contributed by atoms with Crippen LogP contribution in [0, 0.1) is 30.6 Å². The number of pyridine rings is 3. The number of hydrogen-bond donors (Lipinski definition) is 0. The summed E-state index contributed by atoms with van der Waals surface area (Å²) < 4.78 is 0. The van der Waals surface area contributed by atoms with Crippen LogP contribution in [0.4, 0.5) is 0 Å². The van der Waals surface area contributed by atoms with Crippen molar-refractivity contribution in [2.75, 3.05) is 0 Å². The number of hydrogen-bond acceptors (Lipinski definition) is 9. The van der Waals surface area contributed by atoms with Crippen molar-refractivity contribution in [1.82, 2.24) is 15.0 Å². The van der Waals surface area contributed by atoms with Gasteiger partial charge in [0.25, 0.3) is 0 Å². The van der Waals surface area contributed by atoms with Crippen LogP contribution in [0.5, 0.6) is 0 Å². The van der Waals surface area contributed by atoms with Crippen molar-refractivity contribution in [3.63, 3.8) is 0 Å². The minimum absolute atomic E-state index is 0. The summed E-state index contributed by atoms with van der Waals surface area (Å²) in [5.74, 6) is 0. The molecule has 0 aliphatic rings. The first-order chi connectivity index (χ1) is 17.2. The van der Waals surface area contributed by atoms with Crippen LogP contribution in [0.25, 0.3) is 22.8 Å². The molecule has 3 aromatic heterocycles. The predicted molar refractivity (Wildman–Crippen MR) is 148 cm³/mol. The van der Waals surface area contributed by atoms with Gasteiger partial charge in [-0.05, 0) is 69.3 Å². The van der Waals surface area contributed by atoms with Crippen molar-refractivity contribution in [3.05, 3.63) is 96.1 Å². The normalized spacial score (nSPS) is 11.1. The number of rotatable bonds is 2. The van der Waals surface area contributed by atoms with Crippen LogP contribution < -0.4 is 0 Å². The Morgan fingerprint density at radius 2 is 0.795 bits per heavy atom. The first kappa shape index (κ1) is 35.4. The fourth-order valence-electron chi connectivity index (χ4n) is 3.30. The zero-order chi connectivity index (χ0) is 29.5. The molecule has 0 amide bonds. The van der Waals surface area contributed by atoms with E-state index in [1.807, 2.05) is 12.4 Å². The summed E-state index contributed by atoms with van der Waals surface area (Å²) in [7, 11) is 0. The topological polar surface area (TPSA) is 171 Å². The molecule has 0 aliphatic heterocycles. The second-order valence-electron chi connectivity index (χ2n) is 11.7. The summed E-state index contributed by atoms with van der Waals surface area (Å²) in [5.41, 5.74) is 7.45. The molecule has 0 saturated heterocycles. The molecule has 0 N–H and O–H groups in total. The summed E-state index contributed by atoms with van der Waals surface area (Å²) in [5, 5.41) is 29.5. The molecule has 0 bridgehead atoms. The minimum Gasteiger partial charge on any atom is -0.356 e. The van der Waals surface area contributed by atoms with Crippen molar-refractivity contribution in [2.45, 2.75) is 78.6 Å². The average molecular weight is 589 g/mol. The average Bonchev–Trinajstić information content (AvgIpc) is 2.76. The number of aromatic nitrogens is 3. The van der Waals surface area contributed by atoms with Gasteiger partial charge in [0.2, 0.25) is 0 Å². The molecule has 0 spiro atoms. The van der Waals surface area contributed by atoms with E-state index in [1.165, 1.54) is 16.7 Å². The molecule has 1 radical (unpaired) electrons. The SMILES string of the molecule is CC(C)(C)c1ccnc(-c2cc(C(C)(C)C)cc(-c3cc(C(C)(C)C)ccn3)n2)c1.O=[N+]([O-])[O-].O=[N+]([O-])[O-].[Cu+2]. The van der Waals surface area contributed by atoms with E-state index < -0.39 is 10.2 Å². The second-order valence-corrected chi connectivity index (χ2v) is 11.7. The standard InChI is InChI=1S/C27H35N3.Cu.2NO3/c1-25(2,3)18-10-12-28-21(14-18)23-16-20(27(7,8)9)17-24(30-23)22-15-19(11-13-29-22)26(4,5)6;;2*2-1(3)4/h10-17H,1-9H3;;;/q;+2;2*-1. The number of nitrogens with zero attached hydrogens (tertiary/aromatic N) is 5. The maximum Gasteiger partial charge on any atom is 2.00 e. The van der Waals surface area contributed by atoms with E-state index in [-0.39, 0.29) is 33.3 Å². The van der Waals surface area contributed by atoms with Crippen molar-refractivity contribution < 1.29 is 27.2 Å². The monoisotopic (exact) mass is 588 g/mol. The van der Waals surface area contributed by atoms with Crippen LogP contribution in [-0.2, 0) is 33.3 Å². The van der Waals surface area contributed by atoms with Gasteiger partial charge in [-0.25, -0.2) is 4.98 Å². The van der Waals surface area contributed by atoms with E-state index in [9.17, 15) is 0 Å². The molecular formula is C27H35CuN5O6. The van der Waals surface area contributed by atoms with E-state index in [4.69, 9.17) is 35.6 Å². The van der Waals surface area contributed by atoms with E-state index in [1.54, 1.807) is 0 Å². The molecule has 12 heteroatoms. The molecule has 11 nitrogen and oxygen atoms in total. The zero-order valence-electron chi connectivity index (χ0n) is 23.6. The van der Waals surface area contributed by atoms with Crippen LogP contribution in [-0.4, -0.2) is 25.1 Å². The van der Waals surface area contributed by atoms with Crippen molar-refractivity contribution in [3.8, 4) is 22.8 Å². The molecule has 3 heterocycles. The van der Waals surface area contributed by atoms with Gasteiger partial charge < -0.3 is 30.6 Å². The van der Waals surface area contributed by atoms with E-state index >= 15 is 0 Å². The second kappa shape index (κ2) is 14.0. The summed E-state index contributed by atoms with van der Waals surface area (Å²) in [6.45, 7) is 20.0. The van der Waals surface area contributed by atoms with Gasteiger partial charge in [0, 0.05) is 12.4 Å². The Labute approximate surface area is 239 Å². The third-order valence-electron chi connectivity index (χ3n) is 5.47. The van der Waals surface area contributed by atoms with Gasteiger partial charge in [0.15, 0.2) is 0 Å². The summed E-state index contributed by atoms with van der Waals surface area (Å²) in [6, 6.07) is 12.9. The summed E-state index contributed by atoms with van der Waals surface area (Å²) in [6.07, 6.45) is 3.78. The van der Waals surface area contributed by atoms with Crippen molar-refractivity contribution >= 4 is 0 Å². The van der Waals surface area contributed by atoms with Gasteiger partial charge in [-0.2, -0.15) is 0 Å². The molecule has 0 aromatic carbocycles. The Kier molecular flexibility index (Phi) is 12.7. The first-order valence-corrected chi connectivity index (χ1v) is 11.8. The van der Waals surface area contributed by atoms with Crippen molar-refractivity contribution in [1.29, 1.82) is 0 Å². The van der Waals surface area contributed by atoms with Gasteiger partial charge in [-0.3, -0.25) is 9.97 Å². The van der Waals surface area contributed by atoms with E-state index in [0.29, 0.717) is 0 Å². The maximum absolute atomic E-state index is 8.25. The first-order valence-electron chi connectivity index (χ1n) is 11.8. The molecule has 0 atom stereocenters. The smallest absolute Gasteiger partial charge is 0.356 e. The molecule has 0 unspecified atom stereocenters. The van der Waals surface area contributed by atoms with Gasteiger partial charge in [-0.15, -0.1) is 0 Å². The fourth-order valence-corrected chi connectivity index (χ4v) is 3.30. The summed E-state index contributed by atoms with van der Waals surface area (Å²) in [4.78, 5) is 30.8. The molecule has 3 aromatic rings. The van der Waals surface area contributed by atoms with Gasteiger partial charge in [-0.1, -0.05) is 62.3 Å². The Hall–Kier alpha value is -3.63. The molecule has 215 valence electrons. The van der Waals surface area contributed by atoms with E-state index in [2.05, 4.69) is 109 Å². The van der Waals surface area contributed by atoms with Crippen LogP contribution in [0.1, 0.15) is 79.0 Å². The largest absolute Gasteiger partial charge is 2.00 e. The minimum atomic E-state index is -1.75. The van der Waals surface area contributed by atoms with Gasteiger partial charge >= 0.3 is 17.1 Å². The van der Waals surface area contributed by atoms with Crippen LogP contribution in [0.3, 0.4) is 0 Å². The fraction of sp³-hybridized carbons (Fsp3) is 0.444. The molecular weight excluding hydrogens is 554 g/mol. The zero-order valence-corrected chi connectivity index (χ0v) is 24.5. The molecule has 0 saturated carbocycles. The Morgan fingerprint density at radius 3 is 1.05 bits per heavy atom. The predicted octanol–water partition coefficient (Wildman–Crippen LogP) is 6.62. The Bertz CT molecular complexity index is 1170. The third kappa shape index (κ3) is 12.2.